The molecule has 2 heterocycles. The van der Waals surface area contributed by atoms with E-state index in [0.29, 0.717) is 16.2 Å². The first-order chi connectivity index (χ1) is 30.6. The molecular weight excluding hydrogens is 853 g/mol. The van der Waals surface area contributed by atoms with Gasteiger partial charge >= 0.3 is 5.97 Å². The summed E-state index contributed by atoms with van der Waals surface area (Å²) in [5, 5.41) is 26.8. The van der Waals surface area contributed by atoms with Crippen LogP contribution < -0.4 is 21.7 Å². The maximum atomic E-state index is 15.1. The number of aliphatic hydroxyl groups is 1. The Labute approximate surface area is 373 Å². The largest absolute Gasteiger partial charge is 0.481 e. The molecule has 0 saturated carbocycles. The van der Waals surface area contributed by atoms with Crippen LogP contribution in [0, 0.1) is 23.0 Å². The Kier molecular flexibility index (Phi) is 17.5. The summed E-state index contributed by atoms with van der Waals surface area (Å²) in [4.78, 5) is 115. The number of aliphatic carboxylic acids is 1. The zero-order valence-corrected chi connectivity index (χ0v) is 36.3. The Morgan fingerprint density at radius 2 is 1.54 bits per heavy atom. The van der Waals surface area contributed by atoms with Gasteiger partial charge in [-0.15, -0.1) is 0 Å². The summed E-state index contributed by atoms with van der Waals surface area (Å²) in [5.74, 6) is -11.2. The molecule has 4 atom stereocenters. The third-order valence-electron chi connectivity index (χ3n) is 10.4. The number of hydrogen-bond acceptors (Lipinski definition) is 10. The zero-order valence-electron chi connectivity index (χ0n) is 36.3. The molecule has 0 radical (unpaired) electrons. The first-order valence-corrected chi connectivity index (χ1v) is 20.6. The molecule has 0 saturated heterocycles. The van der Waals surface area contributed by atoms with Crippen LogP contribution in [0.5, 0.6) is 0 Å². The van der Waals surface area contributed by atoms with Crippen molar-refractivity contribution in [3.05, 3.63) is 95.8 Å². The number of aliphatic hydroxyl groups excluding tert-OH is 1. The highest BCUT2D eigenvalue weighted by molar-refractivity contribution is 6.14. The molecule has 7 amide bonds. The fraction of sp³-hybridized carbons (Fsp3) is 0.400. The number of carboxylic acids is 1. The van der Waals surface area contributed by atoms with E-state index in [-0.39, 0.29) is 31.6 Å². The van der Waals surface area contributed by atoms with Gasteiger partial charge in [-0.25, -0.2) is 8.78 Å². The summed E-state index contributed by atoms with van der Waals surface area (Å²) in [6.07, 6.45) is 1.31. The second-order valence-electron chi connectivity index (χ2n) is 16.6. The number of nitrogens with one attached hydrogen (secondary N) is 3. The van der Waals surface area contributed by atoms with E-state index in [0.717, 1.165) is 35.9 Å². The highest BCUT2D eigenvalue weighted by Crippen LogP contribution is 2.41. The van der Waals surface area contributed by atoms with Crippen LogP contribution in [-0.4, -0.2) is 116 Å². The zero-order chi connectivity index (χ0) is 48.2. The van der Waals surface area contributed by atoms with Gasteiger partial charge in [0.05, 0.1) is 30.8 Å². The molecule has 7 N–H and O–H groups in total. The SMILES string of the molecule is C[C@H](NC(=O)CN1C(=O)C=CC1=O)C(=O)C[C@H](CC(=O)O)C(=O)N[C@@H](CC(N)=O)C(=O)NCCCN(C(=O)CO)[C@@H](c1cc(-c2cc(F)ccc2F)cn1Cc1ccccc1)C(C)(C)C. The van der Waals surface area contributed by atoms with Crippen molar-refractivity contribution in [2.45, 2.75) is 78.0 Å². The van der Waals surface area contributed by atoms with Crippen molar-refractivity contribution < 1.29 is 62.1 Å². The number of hydrogen-bond donors (Lipinski definition) is 6. The van der Waals surface area contributed by atoms with Crippen molar-refractivity contribution in [2.75, 3.05) is 26.2 Å². The lowest BCUT2D eigenvalue weighted by Gasteiger charge is -2.41. The molecule has 65 heavy (non-hydrogen) atoms. The predicted octanol–water partition coefficient (Wildman–Crippen LogP) is 1.74. The number of amides is 7. The molecule has 348 valence electrons. The molecule has 0 fully saturated rings. The van der Waals surface area contributed by atoms with Crippen LogP contribution in [0.4, 0.5) is 8.78 Å². The first kappa shape index (κ1) is 50.6. The van der Waals surface area contributed by atoms with E-state index in [1.165, 1.54) is 11.8 Å². The highest BCUT2D eigenvalue weighted by Gasteiger charge is 2.37. The lowest BCUT2D eigenvalue weighted by atomic mass is 9.83. The summed E-state index contributed by atoms with van der Waals surface area (Å²) in [5.41, 5.74) is 6.38. The number of aromatic nitrogens is 1. The lowest BCUT2D eigenvalue weighted by molar-refractivity contribution is -0.143. The predicted molar refractivity (Wildman–Crippen MR) is 229 cm³/mol. The van der Waals surface area contributed by atoms with Crippen LogP contribution in [-0.2, 0) is 49.7 Å². The first-order valence-electron chi connectivity index (χ1n) is 20.6. The Bertz CT molecular complexity index is 2310. The molecular formula is C45H53F2N7O11. The molecule has 0 unspecified atom stereocenters. The summed E-state index contributed by atoms with van der Waals surface area (Å²) in [6, 6.07) is 10.3. The molecule has 2 aromatic carbocycles. The molecule has 4 rings (SSSR count). The molecule has 0 spiro atoms. The highest BCUT2D eigenvalue weighted by atomic mass is 19.1. The number of carboxylic acid groups (broad SMARTS) is 1. The smallest absolute Gasteiger partial charge is 0.304 e. The average molecular weight is 906 g/mol. The summed E-state index contributed by atoms with van der Waals surface area (Å²) in [6.45, 7) is 5.31. The van der Waals surface area contributed by atoms with Gasteiger partial charge in [-0.1, -0.05) is 51.1 Å². The van der Waals surface area contributed by atoms with E-state index in [1.54, 1.807) is 12.3 Å². The van der Waals surface area contributed by atoms with Crippen molar-refractivity contribution in [3.63, 3.8) is 0 Å². The van der Waals surface area contributed by atoms with Gasteiger partial charge in [-0.3, -0.25) is 48.1 Å². The van der Waals surface area contributed by atoms with E-state index in [1.807, 2.05) is 55.7 Å². The normalized spacial score (nSPS) is 14.3. The number of ketones is 1. The third kappa shape index (κ3) is 14.2. The van der Waals surface area contributed by atoms with E-state index in [4.69, 9.17) is 5.73 Å². The van der Waals surface area contributed by atoms with Crippen molar-refractivity contribution in [1.82, 2.24) is 30.3 Å². The number of Topliss-reactive ketones (excluding diaryl/α,β-unsaturated/α-hetero) is 1. The summed E-state index contributed by atoms with van der Waals surface area (Å²) >= 11 is 0. The van der Waals surface area contributed by atoms with Crippen LogP contribution in [0.2, 0.25) is 0 Å². The number of imide groups is 1. The lowest BCUT2D eigenvalue weighted by Crippen LogP contribution is -2.51. The number of nitrogens with two attached hydrogens (primary N) is 1. The van der Waals surface area contributed by atoms with Gasteiger partial charge in [0.2, 0.25) is 29.5 Å². The number of benzene rings is 2. The summed E-state index contributed by atoms with van der Waals surface area (Å²) < 4.78 is 31.3. The second-order valence-corrected chi connectivity index (χ2v) is 16.6. The van der Waals surface area contributed by atoms with Crippen LogP contribution in [0.1, 0.15) is 70.7 Å². The molecule has 1 aliphatic heterocycles. The van der Waals surface area contributed by atoms with Gasteiger partial charge in [0.15, 0.2) is 5.78 Å². The molecule has 18 nitrogen and oxygen atoms in total. The number of carbonyl (C=O) groups is 9. The van der Waals surface area contributed by atoms with Crippen molar-refractivity contribution >= 4 is 53.1 Å². The van der Waals surface area contributed by atoms with Crippen molar-refractivity contribution in [1.29, 1.82) is 0 Å². The Hall–Kier alpha value is -7.09. The minimum Gasteiger partial charge on any atom is -0.481 e. The van der Waals surface area contributed by atoms with Gasteiger partial charge < -0.3 is 41.4 Å². The quantitative estimate of drug-likeness (QED) is 0.0590. The van der Waals surface area contributed by atoms with Gasteiger partial charge in [0, 0.05) is 61.2 Å². The van der Waals surface area contributed by atoms with Crippen LogP contribution >= 0.6 is 0 Å². The minimum atomic E-state index is -1.63. The maximum Gasteiger partial charge on any atom is 0.304 e. The van der Waals surface area contributed by atoms with Crippen molar-refractivity contribution in [3.8, 4) is 11.1 Å². The third-order valence-corrected chi connectivity index (χ3v) is 10.4. The Morgan fingerprint density at radius 1 is 0.877 bits per heavy atom. The van der Waals surface area contributed by atoms with Crippen LogP contribution in [0.15, 0.2) is 72.9 Å². The van der Waals surface area contributed by atoms with E-state index < -0.39 is 127 Å². The monoisotopic (exact) mass is 905 g/mol. The topological polar surface area (TPSA) is 268 Å². The number of carbonyl (C=O) groups excluding carboxylic acids is 8. The van der Waals surface area contributed by atoms with E-state index in [2.05, 4.69) is 16.0 Å². The number of halogens is 2. The fourth-order valence-corrected chi connectivity index (χ4v) is 7.37. The number of primary amides is 1. The van der Waals surface area contributed by atoms with Crippen LogP contribution in [0.25, 0.3) is 11.1 Å². The van der Waals surface area contributed by atoms with Crippen molar-refractivity contribution in [2.24, 2.45) is 17.1 Å². The van der Waals surface area contributed by atoms with Gasteiger partial charge in [0.1, 0.15) is 30.8 Å². The number of rotatable bonds is 23. The van der Waals surface area contributed by atoms with Crippen LogP contribution in [0.3, 0.4) is 0 Å². The molecule has 1 aromatic heterocycles. The fourth-order valence-electron chi connectivity index (χ4n) is 7.37. The Morgan fingerprint density at radius 3 is 2.14 bits per heavy atom. The standard InChI is InChI=1S/C45H53F2N7O11/c1-26(50-37(58)24-54-38(59)13-14-39(54)60)35(56)18-28(19-41(62)63)43(64)51-33(21-36(48)57)44(65)49-15-8-16-53(40(61)25-55)42(45(2,3)4)34-17-29(31-20-30(46)11-12-32(31)47)23-52(34)22-27-9-6-5-7-10-27/h5-7,9-14,17,20,23,26,28,33,42,55H,8,15-16,18-19,21-22,24-25H2,1-4H3,(H2,48,57)(H,49,65)(H,50,58)(H,51,64)(H,62,63)/t26-,28+,33-,42-/m0/s1. The number of nitrogens with zero attached hydrogens (tertiary/aromatic N) is 3. The summed E-state index contributed by atoms with van der Waals surface area (Å²) in [7, 11) is 0. The van der Waals surface area contributed by atoms with Gasteiger partial charge in [-0.2, -0.15) is 0 Å². The van der Waals surface area contributed by atoms with Gasteiger partial charge in [-0.05, 0) is 48.6 Å². The average Bonchev–Trinajstić information content (AvgIpc) is 3.78. The molecule has 1 aliphatic rings. The molecule has 3 aromatic rings. The maximum absolute atomic E-state index is 15.1. The molecule has 0 bridgehead atoms. The van der Waals surface area contributed by atoms with Gasteiger partial charge in [0.25, 0.3) is 11.8 Å². The minimum absolute atomic E-state index is 0.00395. The second kappa shape index (κ2) is 22.5. The molecule has 20 heteroatoms. The molecule has 0 aliphatic carbocycles. The Balaban J connectivity index is 1.49. The van der Waals surface area contributed by atoms with E-state index in [9.17, 15) is 57.8 Å². The van der Waals surface area contributed by atoms with E-state index >= 15 is 4.39 Å².